The Hall–Kier alpha value is -2.99. The van der Waals surface area contributed by atoms with Gasteiger partial charge in [-0.2, -0.15) is 0 Å². The molecule has 27 heavy (non-hydrogen) atoms. The maximum absolute atomic E-state index is 12.6. The third kappa shape index (κ3) is 2.92. The molecule has 5 rings (SSSR count). The van der Waals surface area contributed by atoms with Gasteiger partial charge in [0.1, 0.15) is 0 Å². The molecule has 1 amide bonds. The fourth-order valence-corrected chi connectivity index (χ4v) is 4.05. The first-order chi connectivity index (χ1) is 13.2. The second kappa shape index (κ2) is 6.32. The Kier molecular flexibility index (Phi) is 3.79. The molecule has 0 fully saturated rings. The summed E-state index contributed by atoms with van der Waals surface area (Å²) in [5, 5.41) is 4.22. The first-order valence-corrected chi connectivity index (χ1v) is 9.20. The molecular weight excluding hydrogens is 342 g/mol. The Balaban J connectivity index is 1.24. The topological polar surface area (TPSA) is 89.4 Å². The van der Waals surface area contributed by atoms with Crippen LogP contribution in [0.15, 0.2) is 42.6 Å². The van der Waals surface area contributed by atoms with E-state index in [0.29, 0.717) is 6.42 Å². The van der Waals surface area contributed by atoms with Crippen LogP contribution in [0.3, 0.4) is 0 Å². The third-order valence-electron chi connectivity index (χ3n) is 5.43. The summed E-state index contributed by atoms with van der Waals surface area (Å²) in [6.07, 6.45) is 4.02. The van der Waals surface area contributed by atoms with Gasteiger partial charge in [-0.15, -0.1) is 0 Å². The molecule has 1 unspecified atom stereocenters. The van der Waals surface area contributed by atoms with E-state index in [0.717, 1.165) is 40.8 Å². The van der Waals surface area contributed by atoms with Crippen LogP contribution in [0, 0.1) is 0 Å². The van der Waals surface area contributed by atoms with Crippen molar-refractivity contribution >= 4 is 16.8 Å². The summed E-state index contributed by atoms with van der Waals surface area (Å²) in [7, 11) is 0. The Morgan fingerprint density at radius 1 is 1.19 bits per heavy atom. The van der Waals surface area contributed by atoms with Crippen molar-refractivity contribution in [3.8, 4) is 11.5 Å². The number of fused-ring (bicyclic) bond motifs is 3. The molecule has 6 heteroatoms. The zero-order chi connectivity index (χ0) is 18.4. The smallest absolute Gasteiger partial charge is 0.237 e. The van der Waals surface area contributed by atoms with Crippen LogP contribution in [-0.2, 0) is 24.1 Å². The molecule has 3 aromatic rings. The predicted molar refractivity (Wildman–Crippen MR) is 102 cm³/mol. The van der Waals surface area contributed by atoms with Crippen LogP contribution in [0.1, 0.15) is 16.7 Å². The number of para-hydroxylation sites is 1. The number of rotatable bonds is 4. The molecule has 2 aliphatic rings. The molecule has 0 spiro atoms. The number of nitrogens with one attached hydrogen (secondary N) is 2. The summed E-state index contributed by atoms with van der Waals surface area (Å²) in [6.45, 7) is 0.279. The molecule has 1 atom stereocenters. The maximum Gasteiger partial charge on any atom is 0.237 e. The highest BCUT2D eigenvalue weighted by Gasteiger charge is 2.28. The van der Waals surface area contributed by atoms with Gasteiger partial charge in [0, 0.05) is 23.1 Å². The summed E-state index contributed by atoms with van der Waals surface area (Å²) in [4.78, 5) is 15.8. The quantitative estimate of drug-likeness (QED) is 0.662. The second-order valence-electron chi connectivity index (χ2n) is 7.26. The molecule has 6 nitrogen and oxygen atoms in total. The first-order valence-electron chi connectivity index (χ1n) is 9.20. The van der Waals surface area contributed by atoms with E-state index in [1.54, 1.807) is 0 Å². The largest absolute Gasteiger partial charge is 0.454 e. The van der Waals surface area contributed by atoms with Crippen LogP contribution in [-0.4, -0.2) is 29.8 Å². The molecule has 0 saturated carbocycles. The molecule has 4 N–H and O–H groups in total. The van der Waals surface area contributed by atoms with E-state index >= 15 is 0 Å². The zero-order valence-electron chi connectivity index (χ0n) is 14.8. The molecule has 1 aliphatic heterocycles. The molecule has 1 aliphatic carbocycles. The van der Waals surface area contributed by atoms with Gasteiger partial charge in [0.15, 0.2) is 11.5 Å². The second-order valence-corrected chi connectivity index (χ2v) is 7.26. The fraction of sp³-hybridized carbons (Fsp3) is 0.286. The number of carbonyl (C=O) groups excluding carboxylic acids is 1. The fourth-order valence-electron chi connectivity index (χ4n) is 4.05. The minimum Gasteiger partial charge on any atom is -0.454 e. The molecule has 1 aromatic heterocycles. The number of nitrogens with two attached hydrogens (primary N) is 1. The van der Waals surface area contributed by atoms with E-state index in [2.05, 4.69) is 10.3 Å². The van der Waals surface area contributed by atoms with Crippen molar-refractivity contribution in [1.29, 1.82) is 0 Å². The monoisotopic (exact) mass is 363 g/mol. The van der Waals surface area contributed by atoms with Crippen molar-refractivity contribution in [3.63, 3.8) is 0 Å². The van der Waals surface area contributed by atoms with Gasteiger partial charge in [0.05, 0.1) is 6.04 Å². The van der Waals surface area contributed by atoms with Crippen LogP contribution in [0.4, 0.5) is 0 Å². The van der Waals surface area contributed by atoms with Crippen LogP contribution in [0.25, 0.3) is 10.9 Å². The standard InChI is InChI=1S/C21H21N3O3/c22-17(7-14-10-23-18-4-2-1-3-16(14)18)21(25)24-15-5-12-8-19-20(27-11-26-19)9-13(12)6-15/h1-4,8-10,15,17,23H,5-7,11,22H2,(H,24,25). The van der Waals surface area contributed by atoms with Gasteiger partial charge in [-0.3, -0.25) is 4.79 Å². The average Bonchev–Trinajstić information content (AvgIpc) is 3.37. The third-order valence-corrected chi connectivity index (χ3v) is 5.43. The van der Waals surface area contributed by atoms with E-state index in [1.807, 2.05) is 42.6 Å². The number of hydrogen-bond donors (Lipinski definition) is 3. The number of H-pyrrole nitrogens is 1. The molecule has 0 saturated heterocycles. The maximum atomic E-state index is 12.6. The van der Waals surface area contributed by atoms with Crippen molar-refractivity contribution in [2.24, 2.45) is 5.73 Å². The van der Waals surface area contributed by atoms with Gasteiger partial charge in [-0.1, -0.05) is 18.2 Å². The lowest BCUT2D eigenvalue weighted by Gasteiger charge is -2.16. The normalized spacial score (nSPS) is 16.5. The SMILES string of the molecule is NC(Cc1c[nH]c2ccccc12)C(=O)NC1Cc2cc3c(cc2C1)OCO3. The summed E-state index contributed by atoms with van der Waals surface area (Å²) < 4.78 is 10.9. The Morgan fingerprint density at radius 3 is 2.63 bits per heavy atom. The van der Waals surface area contributed by atoms with Gasteiger partial charge >= 0.3 is 0 Å². The Bertz CT molecular complexity index is 994. The van der Waals surface area contributed by atoms with Gasteiger partial charge in [0.25, 0.3) is 0 Å². The van der Waals surface area contributed by atoms with Gasteiger partial charge in [0.2, 0.25) is 12.7 Å². The van der Waals surface area contributed by atoms with Crippen LogP contribution in [0.5, 0.6) is 11.5 Å². The van der Waals surface area contributed by atoms with E-state index in [-0.39, 0.29) is 18.7 Å². The summed E-state index contributed by atoms with van der Waals surface area (Å²) in [5.74, 6) is 1.46. The summed E-state index contributed by atoms with van der Waals surface area (Å²) in [5.41, 5.74) is 10.7. The Morgan fingerprint density at radius 2 is 1.89 bits per heavy atom. The Labute approximate surface area is 156 Å². The van der Waals surface area contributed by atoms with Crippen molar-refractivity contribution in [2.75, 3.05) is 6.79 Å². The minimum absolute atomic E-state index is 0.0593. The van der Waals surface area contributed by atoms with Crippen LogP contribution in [0.2, 0.25) is 0 Å². The number of amides is 1. The van der Waals surface area contributed by atoms with Crippen molar-refractivity contribution in [1.82, 2.24) is 10.3 Å². The van der Waals surface area contributed by atoms with Crippen LogP contribution < -0.4 is 20.5 Å². The average molecular weight is 363 g/mol. The molecule has 2 aromatic carbocycles. The van der Waals surface area contributed by atoms with Crippen LogP contribution >= 0.6 is 0 Å². The van der Waals surface area contributed by atoms with Gasteiger partial charge in [-0.25, -0.2) is 0 Å². The first kappa shape index (κ1) is 16.2. The predicted octanol–water partition coefficient (Wildman–Crippen LogP) is 2.05. The number of hydrogen-bond acceptors (Lipinski definition) is 4. The minimum atomic E-state index is -0.579. The molecule has 138 valence electrons. The molecule has 2 heterocycles. The van der Waals surface area contributed by atoms with E-state index in [9.17, 15) is 4.79 Å². The molecular formula is C21H21N3O3. The van der Waals surface area contributed by atoms with E-state index < -0.39 is 6.04 Å². The highest BCUT2D eigenvalue weighted by molar-refractivity contribution is 5.86. The van der Waals surface area contributed by atoms with E-state index in [1.165, 1.54) is 11.1 Å². The lowest BCUT2D eigenvalue weighted by molar-refractivity contribution is -0.123. The number of benzene rings is 2. The van der Waals surface area contributed by atoms with Crippen molar-refractivity contribution < 1.29 is 14.3 Å². The highest BCUT2D eigenvalue weighted by Crippen LogP contribution is 2.38. The zero-order valence-corrected chi connectivity index (χ0v) is 14.8. The number of carbonyl (C=O) groups is 1. The van der Waals surface area contributed by atoms with Gasteiger partial charge < -0.3 is 25.5 Å². The number of aromatic nitrogens is 1. The summed E-state index contributed by atoms with van der Waals surface area (Å²) in [6, 6.07) is 11.6. The molecule has 0 bridgehead atoms. The number of ether oxygens (including phenoxy) is 2. The van der Waals surface area contributed by atoms with Crippen molar-refractivity contribution in [2.45, 2.75) is 31.3 Å². The summed E-state index contributed by atoms with van der Waals surface area (Å²) >= 11 is 0. The highest BCUT2D eigenvalue weighted by atomic mass is 16.7. The molecule has 0 radical (unpaired) electrons. The van der Waals surface area contributed by atoms with Crippen molar-refractivity contribution in [3.05, 3.63) is 59.3 Å². The van der Waals surface area contributed by atoms with E-state index in [4.69, 9.17) is 15.2 Å². The lowest BCUT2D eigenvalue weighted by Crippen LogP contribution is -2.46. The lowest BCUT2D eigenvalue weighted by atomic mass is 10.0. The van der Waals surface area contributed by atoms with Gasteiger partial charge in [-0.05, 0) is 54.2 Å². The number of aromatic amines is 1.